The minimum Gasteiger partial charge on any atom is -0.394 e. The lowest BCUT2D eigenvalue weighted by Crippen LogP contribution is -2.54. The van der Waals surface area contributed by atoms with E-state index < -0.39 is 0 Å². The highest BCUT2D eigenvalue weighted by Gasteiger charge is 2.37. The van der Waals surface area contributed by atoms with E-state index in [1.165, 1.54) is 25.7 Å². The number of morpholine rings is 1. The van der Waals surface area contributed by atoms with Crippen molar-refractivity contribution in [1.82, 2.24) is 10.2 Å². The topological polar surface area (TPSA) is 44.7 Å². The van der Waals surface area contributed by atoms with Crippen molar-refractivity contribution in [1.29, 1.82) is 0 Å². The summed E-state index contributed by atoms with van der Waals surface area (Å²) >= 11 is 0. The number of hydrogen-bond acceptors (Lipinski definition) is 4. The summed E-state index contributed by atoms with van der Waals surface area (Å²) in [5, 5.41) is 12.6. The molecule has 1 heterocycles. The largest absolute Gasteiger partial charge is 0.394 e. The van der Waals surface area contributed by atoms with Crippen LogP contribution in [0.25, 0.3) is 0 Å². The molecule has 2 rings (SSSR count). The van der Waals surface area contributed by atoms with Gasteiger partial charge in [-0.3, -0.25) is 4.90 Å². The molecule has 2 unspecified atom stereocenters. The summed E-state index contributed by atoms with van der Waals surface area (Å²) in [6.45, 7) is 6.26. The molecule has 0 aromatic heterocycles. The van der Waals surface area contributed by atoms with Gasteiger partial charge in [0.15, 0.2) is 0 Å². The van der Waals surface area contributed by atoms with Crippen molar-refractivity contribution in [2.45, 2.75) is 44.8 Å². The van der Waals surface area contributed by atoms with Gasteiger partial charge < -0.3 is 15.2 Å². The van der Waals surface area contributed by atoms with Crippen LogP contribution in [0.1, 0.15) is 32.6 Å². The number of aliphatic hydroxyl groups excluding tert-OH is 1. The summed E-state index contributed by atoms with van der Waals surface area (Å²) in [6.07, 6.45) is 5.41. The predicted octanol–water partition coefficient (Wildman–Crippen LogP) is 0.848. The van der Waals surface area contributed by atoms with Crippen LogP contribution in [-0.2, 0) is 4.74 Å². The number of aliphatic hydroxyl groups is 1. The summed E-state index contributed by atoms with van der Waals surface area (Å²) in [5.74, 6) is 0. The molecule has 0 bridgehead atoms. The van der Waals surface area contributed by atoms with Crippen LogP contribution in [0.4, 0.5) is 0 Å². The first-order valence-corrected chi connectivity index (χ1v) is 7.30. The first kappa shape index (κ1) is 14.3. The van der Waals surface area contributed by atoms with Gasteiger partial charge in [0, 0.05) is 25.7 Å². The van der Waals surface area contributed by atoms with Gasteiger partial charge in [-0.15, -0.1) is 0 Å². The van der Waals surface area contributed by atoms with Crippen molar-refractivity contribution >= 4 is 0 Å². The molecule has 1 saturated carbocycles. The van der Waals surface area contributed by atoms with Gasteiger partial charge in [-0.2, -0.15) is 0 Å². The van der Waals surface area contributed by atoms with Gasteiger partial charge in [-0.1, -0.05) is 12.8 Å². The highest BCUT2D eigenvalue weighted by Crippen LogP contribution is 2.39. The molecule has 0 spiro atoms. The molecule has 2 aliphatic rings. The van der Waals surface area contributed by atoms with Crippen LogP contribution in [-0.4, -0.2) is 62.0 Å². The maximum Gasteiger partial charge on any atom is 0.0933 e. The molecular weight excluding hydrogens is 228 g/mol. The number of hydrogen-bond donors (Lipinski definition) is 2. The van der Waals surface area contributed by atoms with E-state index in [2.05, 4.69) is 24.2 Å². The minimum atomic E-state index is 0.00855. The van der Waals surface area contributed by atoms with Crippen molar-refractivity contribution in [3.8, 4) is 0 Å². The second-order valence-corrected chi connectivity index (χ2v) is 6.15. The molecule has 0 aromatic carbocycles. The van der Waals surface area contributed by atoms with E-state index in [9.17, 15) is 5.11 Å². The molecule has 0 amide bonds. The molecule has 0 radical (unpaired) electrons. The van der Waals surface area contributed by atoms with E-state index in [4.69, 9.17) is 4.74 Å². The maximum absolute atomic E-state index is 9.26. The molecule has 2 atom stereocenters. The zero-order chi connectivity index (χ0) is 13.0. The Kier molecular flexibility index (Phi) is 5.01. The third-order valence-electron chi connectivity index (χ3n) is 4.59. The smallest absolute Gasteiger partial charge is 0.0933 e. The van der Waals surface area contributed by atoms with E-state index in [-0.39, 0.29) is 12.7 Å². The van der Waals surface area contributed by atoms with Crippen molar-refractivity contribution in [2.24, 2.45) is 5.41 Å². The van der Waals surface area contributed by atoms with Crippen molar-refractivity contribution in [3.05, 3.63) is 0 Å². The van der Waals surface area contributed by atoms with Crippen molar-refractivity contribution < 1.29 is 9.84 Å². The highest BCUT2D eigenvalue weighted by molar-refractivity contribution is 4.91. The Morgan fingerprint density at radius 1 is 1.39 bits per heavy atom. The zero-order valence-electron chi connectivity index (χ0n) is 11.8. The Bertz CT molecular complexity index is 254. The van der Waals surface area contributed by atoms with Gasteiger partial charge in [0.1, 0.15) is 0 Å². The van der Waals surface area contributed by atoms with Crippen LogP contribution in [0.15, 0.2) is 0 Å². The third kappa shape index (κ3) is 3.23. The van der Waals surface area contributed by atoms with Gasteiger partial charge in [0.05, 0.1) is 19.3 Å². The average molecular weight is 256 g/mol. The molecule has 1 aliphatic carbocycles. The molecule has 0 aromatic rings. The molecule has 18 heavy (non-hydrogen) atoms. The summed E-state index contributed by atoms with van der Waals surface area (Å²) in [7, 11) is 2.05. The van der Waals surface area contributed by atoms with Crippen LogP contribution in [0.3, 0.4) is 0 Å². The number of rotatable bonds is 5. The molecule has 4 nitrogen and oxygen atoms in total. The average Bonchev–Trinajstić information content (AvgIpc) is 2.81. The predicted molar refractivity (Wildman–Crippen MR) is 72.7 cm³/mol. The molecule has 106 valence electrons. The Balaban J connectivity index is 1.96. The Hall–Kier alpha value is -0.160. The zero-order valence-corrected chi connectivity index (χ0v) is 11.8. The van der Waals surface area contributed by atoms with Gasteiger partial charge in [0.2, 0.25) is 0 Å². The fraction of sp³-hybridized carbons (Fsp3) is 1.00. The Labute approximate surface area is 111 Å². The van der Waals surface area contributed by atoms with E-state index >= 15 is 0 Å². The lowest BCUT2D eigenvalue weighted by atomic mass is 9.84. The summed E-state index contributed by atoms with van der Waals surface area (Å²) < 4.78 is 5.62. The second kappa shape index (κ2) is 6.33. The van der Waals surface area contributed by atoms with E-state index in [1.54, 1.807) is 0 Å². The Morgan fingerprint density at radius 2 is 2.11 bits per heavy atom. The van der Waals surface area contributed by atoms with Crippen LogP contribution < -0.4 is 5.32 Å². The molecule has 1 aliphatic heterocycles. The fourth-order valence-corrected chi connectivity index (χ4v) is 3.53. The SMILES string of the molecule is CNCC1(CN2CC(CO)OCC2C)CCCC1. The molecule has 2 fully saturated rings. The Morgan fingerprint density at radius 3 is 2.72 bits per heavy atom. The van der Waals surface area contributed by atoms with E-state index in [1.807, 2.05) is 0 Å². The number of ether oxygens (including phenoxy) is 1. The first-order valence-electron chi connectivity index (χ1n) is 7.30. The molecule has 4 heteroatoms. The van der Waals surface area contributed by atoms with Crippen LogP contribution in [0, 0.1) is 5.41 Å². The third-order valence-corrected chi connectivity index (χ3v) is 4.59. The number of nitrogens with zero attached hydrogens (tertiary/aromatic N) is 1. The van der Waals surface area contributed by atoms with Crippen LogP contribution in [0.5, 0.6) is 0 Å². The van der Waals surface area contributed by atoms with Gasteiger partial charge in [-0.25, -0.2) is 0 Å². The minimum absolute atomic E-state index is 0.00855. The van der Waals surface area contributed by atoms with Gasteiger partial charge in [-0.05, 0) is 32.2 Å². The summed E-state index contributed by atoms with van der Waals surface area (Å²) in [4.78, 5) is 2.52. The molecular formula is C14H28N2O2. The summed E-state index contributed by atoms with van der Waals surface area (Å²) in [6, 6.07) is 0.474. The lowest BCUT2D eigenvalue weighted by molar-refractivity contribution is -0.0876. The van der Waals surface area contributed by atoms with E-state index in [0.717, 1.165) is 26.2 Å². The molecule has 1 saturated heterocycles. The summed E-state index contributed by atoms with van der Waals surface area (Å²) in [5.41, 5.74) is 0.445. The quantitative estimate of drug-likeness (QED) is 0.765. The van der Waals surface area contributed by atoms with Crippen molar-refractivity contribution in [2.75, 3.05) is 39.9 Å². The monoisotopic (exact) mass is 256 g/mol. The lowest BCUT2D eigenvalue weighted by Gasteiger charge is -2.43. The second-order valence-electron chi connectivity index (χ2n) is 6.15. The normalized spacial score (nSPS) is 32.8. The van der Waals surface area contributed by atoms with Gasteiger partial charge in [0.25, 0.3) is 0 Å². The highest BCUT2D eigenvalue weighted by atomic mass is 16.5. The first-order chi connectivity index (χ1) is 8.69. The van der Waals surface area contributed by atoms with Gasteiger partial charge >= 0.3 is 0 Å². The van der Waals surface area contributed by atoms with Crippen LogP contribution >= 0.6 is 0 Å². The van der Waals surface area contributed by atoms with Crippen molar-refractivity contribution in [3.63, 3.8) is 0 Å². The molecule has 2 N–H and O–H groups in total. The fourth-order valence-electron chi connectivity index (χ4n) is 3.53. The van der Waals surface area contributed by atoms with Crippen LogP contribution in [0.2, 0.25) is 0 Å². The number of nitrogens with one attached hydrogen (secondary N) is 1. The standard InChI is InChI=1S/C14H28N2O2/c1-12-9-18-13(8-17)7-16(12)11-14(10-15-2)5-3-4-6-14/h12-13,15,17H,3-11H2,1-2H3. The van der Waals surface area contributed by atoms with E-state index in [0.29, 0.717) is 11.5 Å². The maximum atomic E-state index is 9.26.